The summed E-state index contributed by atoms with van der Waals surface area (Å²) in [6, 6.07) is 152. The zero-order valence-electron chi connectivity index (χ0n) is 61.5. The van der Waals surface area contributed by atoms with E-state index in [0.29, 0.717) is 14.7 Å². The number of hydrogen-bond acceptors (Lipinski definition) is 2. The second kappa shape index (κ2) is 27.6. The first-order chi connectivity index (χ1) is 55.9. The highest BCUT2D eigenvalue weighted by Crippen LogP contribution is 2.80. The van der Waals surface area contributed by atoms with Gasteiger partial charge < -0.3 is 9.29 Å². The first kappa shape index (κ1) is 66.8. The Kier molecular flexibility index (Phi) is 16.3. The van der Waals surface area contributed by atoms with Gasteiger partial charge in [-0.15, -0.1) is 0 Å². The summed E-state index contributed by atoms with van der Waals surface area (Å²) in [4.78, 5) is 18.9. The Morgan fingerprint density at radius 2 is 0.319 bits per heavy atom. The Labute approximate surface area is 656 Å². The van der Waals surface area contributed by atoms with Gasteiger partial charge in [0, 0.05) is 25.0 Å². The summed E-state index contributed by atoms with van der Waals surface area (Å²) in [5.74, 6) is 0. The van der Waals surface area contributed by atoms with Crippen LogP contribution >= 0.6 is 10.3 Å². The van der Waals surface area contributed by atoms with E-state index in [0.717, 1.165) is 197 Å². The quantitative estimate of drug-likeness (QED) is 0.125. The summed E-state index contributed by atoms with van der Waals surface area (Å²) >= 11 is 0. The van der Waals surface area contributed by atoms with Gasteiger partial charge in [0.15, 0.2) is 0 Å². The summed E-state index contributed by atoms with van der Waals surface area (Å²) in [6.07, 6.45) is -1.44. The lowest BCUT2D eigenvalue weighted by atomic mass is 9.88. The molecule has 21 aromatic rings. The predicted molar refractivity (Wildman–Crippen MR) is 477 cm³/mol. The summed E-state index contributed by atoms with van der Waals surface area (Å²) in [6.45, 7) is 0. The van der Waals surface area contributed by atoms with Gasteiger partial charge in [0.05, 0.1) is 0 Å². The molecule has 0 aromatic heterocycles. The van der Waals surface area contributed by atoms with Crippen molar-refractivity contribution in [2.45, 2.75) is 14.7 Å². The normalized spacial score (nSPS) is 11.9. The molecule has 0 saturated heterocycles. The van der Waals surface area contributed by atoms with Crippen LogP contribution in [0.2, 0.25) is 0 Å². The third kappa shape index (κ3) is 11.2. The van der Waals surface area contributed by atoms with Crippen molar-refractivity contribution < 1.29 is 14.1 Å². The molecule has 21 rings (SSSR count). The molecule has 0 fully saturated rings. The number of hydrogen-bond donors (Lipinski definition) is 1. The fourth-order valence-corrected chi connectivity index (χ4v) is 22.2. The summed E-state index contributed by atoms with van der Waals surface area (Å²) in [5.41, 5.74) is 16.2. The highest BCUT2D eigenvalue weighted by Gasteiger charge is 2.48. The Morgan fingerprint density at radius 3 is 0.487 bits per heavy atom. The molecule has 0 radical (unpaired) electrons. The number of carbonyl (C=O) groups is 1. The molecule has 113 heavy (non-hydrogen) atoms. The molecule has 0 amide bonds. The van der Waals surface area contributed by atoms with E-state index in [-0.39, 0.29) is 0 Å². The maximum Gasteiger partial charge on any atom is 0.517 e. The van der Waals surface area contributed by atoms with Crippen LogP contribution in [0.1, 0.15) is 0 Å². The molecule has 0 atom stereocenters. The van der Waals surface area contributed by atoms with Crippen LogP contribution in [0.4, 0.5) is 4.79 Å². The lowest BCUT2D eigenvalue weighted by molar-refractivity contribution is 0.150. The largest absolute Gasteiger partial charge is 0.517 e. The summed E-state index contributed by atoms with van der Waals surface area (Å²) in [7, 11) is -4.24. The van der Waals surface area contributed by atoms with Crippen molar-refractivity contribution in [3.05, 3.63) is 419 Å². The lowest BCUT2D eigenvalue weighted by Gasteiger charge is -2.46. The topological polar surface area (TPSA) is 46.5 Å². The zero-order chi connectivity index (χ0) is 75.1. The molecule has 0 spiro atoms. The maximum absolute atomic E-state index is 16.8. The van der Waals surface area contributed by atoms with Crippen molar-refractivity contribution >= 4 is 113 Å². The molecule has 3 nitrogen and oxygen atoms in total. The van der Waals surface area contributed by atoms with Crippen LogP contribution < -0.4 is 0 Å². The van der Waals surface area contributed by atoms with Crippen LogP contribution in [0, 0.1) is 0 Å². The van der Waals surface area contributed by atoms with Gasteiger partial charge in [-0.1, -0.05) is 382 Å². The van der Waals surface area contributed by atoms with Crippen molar-refractivity contribution in [3.63, 3.8) is 0 Å². The first-order valence-corrected chi connectivity index (χ1v) is 40.1. The van der Waals surface area contributed by atoms with Crippen molar-refractivity contribution in [1.82, 2.24) is 0 Å². The van der Waals surface area contributed by atoms with E-state index >= 15 is 4.79 Å². The van der Waals surface area contributed by atoms with E-state index in [1.165, 1.54) is 0 Å². The molecule has 0 heterocycles. The van der Waals surface area contributed by atoms with E-state index in [1.54, 1.807) is 0 Å². The van der Waals surface area contributed by atoms with E-state index in [1.807, 2.05) is 0 Å². The number of fused-ring (bicyclic) bond motifs is 9. The smallest absolute Gasteiger partial charge is 0.449 e. The first-order valence-electron chi connectivity index (χ1n) is 38.5. The van der Waals surface area contributed by atoms with Crippen LogP contribution in [0.3, 0.4) is 0 Å². The lowest BCUT2D eigenvalue weighted by Crippen LogP contribution is -2.18. The van der Waals surface area contributed by atoms with Crippen LogP contribution in [0.25, 0.3) is 197 Å². The Balaban J connectivity index is 1.11. The highest BCUT2D eigenvalue weighted by molar-refractivity contribution is 8.30. The minimum atomic E-state index is -4.24. The van der Waals surface area contributed by atoms with Gasteiger partial charge in [0.1, 0.15) is 0 Å². The average Bonchev–Trinajstić information content (AvgIpc) is 0.681. The van der Waals surface area contributed by atoms with Crippen LogP contribution in [-0.2, 0) is 4.18 Å². The number of rotatable bonds is 13. The fourth-order valence-electron chi connectivity index (χ4n) is 18.2. The molecule has 0 unspecified atom stereocenters. The molecular formula is C109H70O3S. The molecule has 1 N–H and O–H groups in total. The molecule has 0 aliphatic rings. The molecule has 0 aliphatic heterocycles. The fraction of sp³-hybridized carbons (Fsp3) is 0. The van der Waals surface area contributed by atoms with Gasteiger partial charge in [0.25, 0.3) is 0 Å². The molecular weight excluding hydrogens is 1390 g/mol. The monoisotopic (exact) mass is 1460 g/mol. The average molecular weight is 1460 g/mol. The number of benzene rings is 21. The SMILES string of the molecule is O=C(O)OS(c1c(-c2cccc3ccccc23)cc(-c2cccc3ccccc23)cc1-c1cccc2ccccc12)(c1c(-c2cccc3ccccc23)cc(-c2cccc3ccccc23)cc1-c1cccc2ccccc12)c1c(-c2cccc3ccccc23)cc(-c2cccc3ccccc23)cc1-c1cccc2ccccc12. The molecule has 4 heteroatoms. The van der Waals surface area contributed by atoms with Crippen LogP contribution in [0.15, 0.2) is 433 Å². The van der Waals surface area contributed by atoms with Gasteiger partial charge in [-0.3, -0.25) is 0 Å². The van der Waals surface area contributed by atoms with Crippen molar-refractivity contribution in [2.24, 2.45) is 0 Å². The molecule has 530 valence electrons. The Hall–Kier alpha value is -14.4. The third-order valence-corrected chi connectivity index (χ3v) is 26.5. The summed E-state index contributed by atoms with van der Waals surface area (Å²) in [5, 5.41) is 32.3. The van der Waals surface area contributed by atoms with Crippen molar-refractivity contribution in [1.29, 1.82) is 0 Å². The second-order valence-corrected chi connectivity index (χ2v) is 31.9. The molecule has 0 saturated carbocycles. The maximum atomic E-state index is 16.8. The standard InChI is InChI=1S/C109H70O3S/c110-109(111)112-113(106-100(94-58-22-40-73-31-4-13-49-85(73)94)64-79(91-55-19-37-70-28-1-10-46-82(70)91)65-101(106)95-59-23-41-74-32-5-14-50-86(74)95,107-102(96-60-24-42-75-33-6-15-51-87(75)96)66-80(92-56-20-38-71-29-2-11-47-83(71)92)67-103(107)97-61-25-43-76-34-7-16-52-88(76)97)108-104(98-62-26-44-77-35-8-17-53-89(77)98)68-81(93-57-21-39-72-30-3-12-48-84(72)93)69-105(108)99-63-27-45-78-36-9-18-54-90(78)99/h1-69H,(H,110,111). The van der Waals surface area contributed by atoms with Gasteiger partial charge in [-0.2, -0.15) is 0 Å². The minimum Gasteiger partial charge on any atom is -0.449 e. The zero-order valence-corrected chi connectivity index (χ0v) is 62.3. The number of carboxylic acid groups (broad SMARTS) is 1. The van der Waals surface area contributed by atoms with Gasteiger partial charge >= 0.3 is 6.16 Å². The van der Waals surface area contributed by atoms with E-state index < -0.39 is 16.5 Å². The van der Waals surface area contributed by atoms with Crippen molar-refractivity contribution in [2.75, 3.05) is 0 Å². The van der Waals surface area contributed by atoms with Crippen LogP contribution in [0.5, 0.6) is 0 Å². The van der Waals surface area contributed by atoms with E-state index in [4.69, 9.17) is 4.18 Å². The summed E-state index contributed by atoms with van der Waals surface area (Å²) < 4.78 is 8.49. The minimum absolute atomic E-state index is 0.707. The van der Waals surface area contributed by atoms with Crippen LogP contribution in [-0.4, -0.2) is 11.3 Å². The van der Waals surface area contributed by atoms with Gasteiger partial charge in [-0.05, 0) is 233 Å². The molecule has 0 bridgehead atoms. The Morgan fingerprint density at radius 1 is 0.177 bits per heavy atom. The molecule has 21 aromatic carbocycles. The van der Waals surface area contributed by atoms with E-state index in [2.05, 4.69) is 419 Å². The Bertz CT molecular complexity index is 6440. The highest BCUT2D eigenvalue weighted by atomic mass is 32.3. The van der Waals surface area contributed by atoms with Gasteiger partial charge in [0.2, 0.25) is 0 Å². The van der Waals surface area contributed by atoms with E-state index in [9.17, 15) is 5.11 Å². The third-order valence-electron chi connectivity index (χ3n) is 23.1. The second-order valence-electron chi connectivity index (χ2n) is 29.3. The predicted octanol–water partition coefficient (Wildman–Crippen LogP) is 31.0. The van der Waals surface area contributed by atoms with Gasteiger partial charge in [-0.25, -0.2) is 4.79 Å². The van der Waals surface area contributed by atoms with Crippen molar-refractivity contribution in [3.8, 4) is 100 Å². The molecule has 0 aliphatic carbocycles.